The van der Waals surface area contributed by atoms with Crippen molar-refractivity contribution in [3.63, 3.8) is 0 Å². The molecule has 0 spiro atoms. The molecular weight excluding hydrogens is 260 g/mol. The van der Waals surface area contributed by atoms with E-state index in [4.69, 9.17) is 10.7 Å². The van der Waals surface area contributed by atoms with Crippen LogP contribution in [0.15, 0.2) is 12.3 Å². The fraction of sp³-hybridized carbons (Fsp3) is 0.706. The standard InChI is InChI=1S/C17H28N4/c1-13-10-14(5-7-18)11-19-17(13)21-9-6-16-15(12-21)4-3-8-20(16)2/h10-11,15-16H,3-9,12,18H2,1-2H3. The van der Waals surface area contributed by atoms with Crippen molar-refractivity contribution in [2.75, 3.05) is 38.1 Å². The van der Waals surface area contributed by atoms with E-state index in [9.17, 15) is 0 Å². The minimum Gasteiger partial charge on any atom is -0.356 e. The van der Waals surface area contributed by atoms with Crippen LogP contribution in [-0.2, 0) is 6.42 Å². The van der Waals surface area contributed by atoms with Crippen LogP contribution in [0.5, 0.6) is 0 Å². The first-order valence-corrected chi connectivity index (χ1v) is 8.30. The molecule has 2 unspecified atom stereocenters. The minimum atomic E-state index is 0.695. The lowest BCUT2D eigenvalue weighted by Crippen LogP contribution is -2.53. The molecule has 4 heteroatoms. The average molecular weight is 288 g/mol. The van der Waals surface area contributed by atoms with E-state index >= 15 is 0 Å². The summed E-state index contributed by atoms with van der Waals surface area (Å²) in [5.74, 6) is 1.99. The molecule has 0 amide bonds. The summed E-state index contributed by atoms with van der Waals surface area (Å²) in [5.41, 5.74) is 8.19. The van der Waals surface area contributed by atoms with Gasteiger partial charge in [0.1, 0.15) is 5.82 Å². The molecule has 2 N–H and O–H groups in total. The van der Waals surface area contributed by atoms with Crippen LogP contribution >= 0.6 is 0 Å². The Morgan fingerprint density at radius 1 is 1.33 bits per heavy atom. The lowest BCUT2D eigenvalue weighted by atomic mass is 9.84. The van der Waals surface area contributed by atoms with E-state index < -0.39 is 0 Å². The normalized spacial score (nSPS) is 26.7. The summed E-state index contributed by atoms with van der Waals surface area (Å²) >= 11 is 0. The van der Waals surface area contributed by atoms with Gasteiger partial charge in [-0.25, -0.2) is 4.98 Å². The highest BCUT2D eigenvalue weighted by Gasteiger charge is 2.34. The van der Waals surface area contributed by atoms with Crippen LogP contribution in [0.2, 0.25) is 0 Å². The van der Waals surface area contributed by atoms with E-state index in [1.54, 1.807) is 0 Å². The number of pyridine rings is 1. The Balaban J connectivity index is 1.73. The number of anilines is 1. The van der Waals surface area contributed by atoms with E-state index in [0.29, 0.717) is 6.54 Å². The first kappa shape index (κ1) is 14.8. The third kappa shape index (κ3) is 3.06. The third-order valence-corrected chi connectivity index (χ3v) is 5.19. The zero-order valence-corrected chi connectivity index (χ0v) is 13.4. The van der Waals surface area contributed by atoms with Crippen molar-refractivity contribution in [2.45, 2.75) is 38.6 Å². The fourth-order valence-electron chi connectivity index (χ4n) is 4.11. The van der Waals surface area contributed by atoms with Crippen LogP contribution in [0, 0.1) is 12.8 Å². The molecule has 21 heavy (non-hydrogen) atoms. The molecule has 3 heterocycles. The summed E-state index contributed by atoms with van der Waals surface area (Å²) in [6, 6.07) is 3.04. The Morgan fingerprint density at radius 2 is 2.19 bits per heavy atom. The molecule has 0 radical (unpaired) electrons. The Morgan fingerprint density at radius 3 is 2.95 bits per heavy atom. The second-order valence-electron chi connectivity index (χ2n) is 6.71. The van der Waals surface area contributed by atoms with Gasteiger partial charge in [-0.15, -0.1) is 0 Å². The zero-order valence-electron chi connectivity index (χ0n) is 13.4. The molecule has 3 rings (SSSR count). The number of hydrogen-bond donors (Lipinski definition) is 1. The summed E-state index contributed by atoms with van der Waals surface area (Å²) < 4.78 is 0. The average Bonchev–Trinajstić information content (AvgIpc) is 2.48. The highest BCUT2D eigenvalue weighted by molar-refractivity contribution is 5.48. The molecule has 1 aromatic rings. The quantitative estimate of drug-likeness (QED) is 0.921. The van der Waals surface area contributed by atoms with Crippen molar-refractivity contribution in [3.05, 3.63) is 23.4 Å². The van der Waals surface area contributed by atoms with Crippen LogP contribution in [-0.4, -0.2) is 49.2 Å². The Hall–Kier alpha value is -1.13. The van der Waals surface area contributed by atoms with E-state index in [2.05, 4.69) is 29.8 Å². The predicted octanol–water partition coefficient (Wildman–Crippen LogP) is 1.81. The van der Waals surface area contributed by atoms with Gasteiger partial charge in [0.05, 0.1) is 0 Å². The molecule has 2 aliphatic heterocycles. The van der Waals surface area contributed by atoms with E-state index in [-0.39, 0.29) is 0 Å². The van der Waals surface area contributed by atoms with E-state index in [1.165, 1.54) is 49.3 Å². The Bertz CT molecular complexity index is 488. The van der Waals surface area contributed by atoms with Crippen molar-refractivity contribution in [1.29, 1.82) is 0 Å². The third-order valence-electron chi connectivity index (χ3n) is 5.19. The maximum absolute atomic E-state index is 5.63. The number of aromatic nitrogens is 1. The summed E-state index contributed by atoms with van der Waals surface area (Å²) in [5, 5.41) is 0. The second kappa shape index (κ2) is 6.32. The number of rotatable bonds is 3. The van der Waals surface area contributed by atoms with Crippen molar-refractivity contribution >= 4 is 5.82 Å². The van der Waals surface area contributed by atoms with Crippen molar-refractivity contribution < 1.29 is 0 Å². The largest absolute Gasteiger partial charge is 0.356 e. The monoisotopic (exact) mass is 288 g/mol. The van der Waals surface area contributed by atoms with Crippen LogP contribution in [0.25, 0.3) is 0 Å². The van der Waals surface area contributed by atoms with Gasteiger partial charge in [-0.3, -0.25) is 0 Å². The van der Waals surface area contributed by atoms with Crippen LogP contribution in [0.1, 0.15) is 30.4 Å². The van der Waals surface area contributed by atoms with Crippen LogP contribution in [0.4, 0.5) is 5.82 Å². The van der Waals surface area contributed by atoms with Crippen LogP contribution in [0.3, 0.4) is 0 Å². The topological polar surface area (TPSA) is 45.4 Å². The van der Waals surface area contributed by atoms with Gasteiger partial charge in [0.25, 0.3) is 0 Å². The molecule has 0 aromatic carbocycles. The summed E-state index contributed by atoms with van der Waals surface area (Å²) in [6.45, 7) is 6.45. The molecule has 2 fully saturated rings. The van der Waals surface area contributed by atoms with Crippen molar-refractivity contribution in [3.8, 4) is 0 Å². The molecule has 1 aromatic heterocycles. The zero-order chi connectivity index (χ0) is 14.8. The van der Waals surface area contributed by atoms with Gasteiger partial charge in [0.2, 0.25) is 0 Å². The number of aryl methyl sites for hydroxylation is 1. The number of fused-ring (bicyclic) bond motifs is 1. The van der Waals surface area contributed by atoms with Gasteiger partial charge in [-0.05, 0) is 69.8 Å². The number of nitrogens with zero attached hydrogens (tertiary/aromatic N) is 3. The summed E-state index contributed by atoms with van der Waals surface area (Å²) in [6.07, 6.45) is 6.91. The SMILES string of the molecule is Cc1cc(CCN)cnc1N1CCC2C(CCCN2C)C1. The molecule has 2 atom stereocenters. The molecule has 0 saturated carbocycles. The lowest BCUT2D eigenvalue weighted by molar-refractivity contribution is 0.102. The molecule has 0 bridgehead atoms. The first-order valence-electron chi connectivity index (χ1n) is 8.30. The van der Waals surface area contributed by atoms with Gasteiger partial charge < -0.3 is 15.5 Å². The molecular formula is C17H28N4. The maximum Gasteiger partial charge on any atom is 0.131 e. The van der Waals surface area contributed by atoms with Gasteiger partial charge in [-0.2, -0.15) is 0 Å². The molecule has 2 saturated heterocycles. The van der Waals surface area contributed by atoms with Gasteiger partial charge in [0, 0.05) is 25.3 Å². The smallest absolute Gasteiger partial charge is 0.131 e. The van der Waals surface area contributed by atoms with Gasteiger partial charge >= 0.3 is 0 Å². The summed E-state index contributed by atoms with van der Waals surface area (Å²) in [4.78, 5) is 9.80. The highest BCUT2D eigenvalue weighted by atomic mass is 15.2. The highest BCUT2D eigenvalue weighted by Crippen LogP contribution is 2.32. The fourth-order valence-corrected chi connectivity index (χ4v) is 4.11. The molecule has 0 aliphatic carbocycles. The second-order valence-corrected chi connectivity index (χ2v) is 6.71. The molecule has 2 aliphatic rings. The van der Waals surface area contributed by atoms with Gasteiger partial charge in [0.15, 0.2) is 0 Å². The van der Waals surface area contributed by atoms with Gasteiger partial charge in [-0.1, -0.05) is 6.07 Å². The van der Waals surface area contributed by atoms with Crippen LogP contribution < -0.4 is 10.6 Å². The lowest BCUT2D eigenvalue weighted by Gasteiger charge is -2.46. The molecule has 116 valence electrons. The number of piperidine rings is 2. The first-order chi connectivity index (χ1) is 10.2. The van der Waals surface area contributed by atoms with E-state index in [1.807, 2.05) is 6.20 Å². The number of hydrogen-bond acceptors (Lipinski definition) is 4. The van der Waals surface area contributed by atoms with E-state index in [0.717, 1.165) is 24.9 Å². The minimum absolute atomic E-state index is 0.695. The Kier molecular flexibility index (Phi) is 4.45. The maximum atomic E-state index is 5.63. The Labute approximate surface area is 128 Å². The predicted molar refractivity (Wildman–Crippen MR) is 87.7 cm³/mol. The summed E-state index contributed by atoms with van der Waals surface area (Å²) in [7, 11) is 2.29. The van der Waals surface area contributed by atoms with Crippen molar-refractivity contribution in [2.24, 2.45) is 11.7 Å². The number of likely N-dealkylation sites (tertiary alicyclic amines) is 1. The number of nitrogens with two attached hydrogens (primary N) is 1. The van der Waals surface area contributed by atoms with Crippen molar-refractivity contribution in [1.82, 2.24) is 9.88 Å². The molecule has 4 nitrogen and oxygen atoms in total.